The van der Waals surface area contributed by atoms with Gasteiger partial charge in [-0.2, -0.15) is 0 Å². The van der Waals surface area contributed by atoms with Gasteiger partial charge in [0.25, 0.3) is 0 Å². The molecule has 0 aromatic heterocycles. The predicted octanol–water partition coefficient (Wildman–Crippen LogP) is 6.64. The molecule has 9 heteroatoms. The quantitative estimate of drug-likeness (QED) is 0.232. The molecule has 6 nitrogen and oxygen atoms in total. The number of hydrogen-bond acceptors (Lipinski definition) is 6. The molecular weight excluding hydrogens is 527 g/mol. The maximum Gasteiger partial charge on any atom is 0.348 e. The van der Waals surface area contributed by atoms with E-state index in [1.54, 1.807) is 0 Å². The Kier molecular flexibility index (Phi) is 9.37. The summed E-state index contributed by atoms with van der Waals surface area (Å²) in [5.74, 6) is -1.88. The number of esters is 2. The highest BCUT2D eigenvalue weighted by Gasteiger charge is 2.37. The average Bonchev–Trinajstić information content (AvgIpc) is 2.87. The fraction of sp³-hybridized carbons (Fsp3) is 0.259. The van der Waals surface area contributed by atoms with E-state index < -0.39 is 24.3 Å². The van der Waals surface area contributed by atoms with Crippen LogP contribution in [-0.2, 0) is 37.0 Å². The van der Waals surface area contributed by atoms with E-state index >= 15 is 0 Å². The summed E-state index contributed by atoms with van der Waals surface area (Å²) >= 11 is 18.1. The van der Waals surface area contributed by atoms with Crippen molar-refractivity contribution in [3.05, 3.63) is 105 Å². The minimum Gasteiger partial charge on any atom is -0.387 e. The third-order valence-corrected chi connectivity index (χ3v) is 6.34. The number of ether oxygens (including phenoxy) is 4. The van der Waals surface area contributed by atoms with E-state index in [0.717, 1.165) is 11.1 Å². The zero-order valence-corrected chi connectivity index (χ0v) is 21.3. The summed E-state index contributed by atoms with van der Waals surface area (Å²) in [7, 11) is 0. The first-order valence-electron chi connectivity index (χ1n) is 11.3. The fourth-order valence-corrected chi connectivity index (χ4v) is 4.71. The molecule has 1 aliphatic rings. The monoisotopic (exact) mass is 548 g/mol. The lowest BCUT2D eigenvalue weighted by Crippen LogP contribution is -2.43. The molecule has 0 aliphatic carbocycles. The number of rotatable bonds is 8. The Morgan fingerprint density at radius 3 is 1.94 bits per heavy atom. The number of benzene rings is 3. The molecule has 3 atom stereocenters. The van der Waals surface area contributed by atoms with E-state index in [4.69, 9.17) is 53.8 Å². The Bertz CT molecular complexity index is 1110. The molecular formula is C27H23Cl3O6. The van der Waals surface area contributed by atoms with Gasteiger partial charge >= 0.3 is 11.9 Å². The lowest BCUT2D eigenvalue weighted by atomic mass is 10.0. The summed E-state index contributed by atoms with van der Waals surface area (Å²) in [6, 6.07) is 21.9. The topological polar surface area (TPSA) is 71.1 Å². The third-order valence-electron chi connectivity index (χ3n) is 5.52. The Morgan fingerprint density at radius 2 is 1.36 bits per heavy atom. The van der Waals surface area contributed by atoms with Crippen LogP contribution in [0.15, 0.2) is 72.8 Å². The van der Waals surface area contributed by atoms with Crippen LogP contribution in [0.5, 0.6) is 0 Å². The van der Waals surface area contributed by atoms with Gasteiger partial charge in [-0.05, 0) is 23.3 Å². The van der Waals surface area contributed by atoms with Crippen molar-refractivity contribution in [3.8, 4) is 0 Å². The molecule has 2 unspecified atom stereocenters. The van der Waals surface area contributed by atoms with Crippen molar-refractivity contribution >= 4 is 46.7 Å². The minimum atomic E-state index is -1.09. The first-order chi connectivity index (χ1) is 17.4. The highest BCUT2D eigenvalue weighted by molar-refractivity contribution is 6.42. The highest BCUT2D eigenvalue weighted by Crippen LogP contribution is 2.31. The van der Waals surface area contributed by atoms with Crippen LogP contribution in [0.2, 0.25) is 15.1 Å². The van der Waals surface area contributed by atoms with Gasteiger partial charge in [-0.3, -0.25) is 0 Å². The maximum absolute atomic E-state index is 12.9. The van der Waals surface area contributed by atoms with Gasteiger partial charge in [0.1, 0.15) is 0 Å². The molecule has 3 aromatic rings. The van der Waals surface area contributed by atoms with Crippen LogP contribution < -0.4 is 0 Å². The lowest BCUT2D eigenvalue weighted by molar-refractivity contribution is -0.232. The van der Waals surface area contributed by atoms with Crippen molar-refractivity contribution in [2.24, 2.45) is 0 Å². The summed E-state index contributed by atoms with van der Waals surface area (Å²) in [5, 5.41) is 0.200. The molecule has 0 saturated carbocycles. The Morgan fingerprint density at radius 1 is 0.806 bits per heavy atom. The highest BCUT2D eigenvalue weighted by atomic mass is 35.5. The molecule has 1 saturated heterocycles. The van der Waals surface area contributed by atoms with E-state index in [9.17, 15) is 9.59 Å². The first kappa shape index (κ1) is 26.6. The van der Waals surface area contributed by atoms with Crippen LogP contribution in [0, 0.1) is 0 Å². The van der Waals surface area contributed by atoms with Crippen LogP contribution in [-0.4, -0.2) is 30.4 Å². The standard InChI is InChI=1S/C27H23Cl3O6/c28-19-11-21(29)25(22(30)12-19)27(32)36-26(31)23-13-20(33-15-17-7-3-1-4-8-17)14-24(35-23)34-16-18-9-5-2-6-10-18/h1-12,20,23-24H,13-16H2/t20?,23-,24?/m0/s1. The van der Waals surface area contributed by atoms with Gasteiger partial charge in [0.2, 0.25) is 0 Å². The number of halogens is 3. The molecule has 36 heavy (non-hydrogen) atoms. The molecule has 0 bridgehead atoms. The average molecular weight is 550 g/mol. The zero-order valence-electron chi connectivity index (χ0n) is 19.1. The Labute approximate surface area is 224 Å². The number of carbonyl (C=O) groups excluding carboxylic acids is 2. The van der Waals surface area contributed by atoms with Crippen LogP contribution in [0.4, 0.5) is 0 Å². The second-order valence-electron chi connectivity index (χ2n) is 8.19. The molecule has 188 valence electrons. The van der Waals surface area contributed by atoms with E-state index in [1.807, 2.05) is 60.7 Å². The molecule has 0 radical (unpaired) electrons. The van der Waals surface area contributed by atoms with Gasteiger partial charge < -0.3 is 18.9 Å². The summed E-state index contributed by atoms with van der Waals surface area (Å²) < 4.78 is 22.9. The van der Waals surface area contributed by atoms with Gasteiger partial charge in [-0.25, -0.2) is 9.59 Å². The van der Waals surface area contributed by atoms with E-state index in [2.05, 4.69) is 0 Å². The van der Waals surface area contributed by atoms with Gasteiger partial charge in [0.05, 0.1) is 34.9 Å². The predicted molar refractivity (Wildman–Crippen MR) is 136 cm³/mol. The van der Waals surface area contributed by atoms with Crippen LogP contribution in [0.1, 0.15) is 34.3 Å². The maximum atomic E-state index is 12.9. The molecule has 1 fully saturated rings. The molecule has 1 heterocycles. The first-order valence-corrected chi connectivity index (χ1v) is 12.4. The molecule has 0 spiro atoms. The molecule has 4 rings (SSSR count). The van der Waals surface area contributed by atoms with Gasteiger partial charge in [0, 0.05) is 17.9 Å². The number of hydrogen-bond donors (Lipinski definition) is 0. The summed E-state index contributed by atoms with van der Waals surface area (Å²) in [6.45, 7) is 0.640. The van der Waals surface area contributed by atoms with Crippen LogP contribution >= 0.6 is 34.8 Å². The van der Waals surface area contributed by atoms with E-state index in [1.165, 1.54) is 12.1 Å². The lowest BCUT2D eigenvalue weighted by Gasteiger charge is -2.33. The fourth-order valence-electron chi connectivity index (χ4n) is 3.74. The second kappa shape index (κ2) is 12.7. The molecule has 0 amide bonds. The van der Waals surface area contributed by atoms with Crippen molar-refractivity contribution < 1.29 is 28.5 Å². The molecule has 3 aromatic carbocycles. The van der Waals surface area contributed by atoms with Crippen molar-refractivity contribution in [2.75, 3.05) is 0 Å². The largest absolute Gasteiger partial charge is 0.387 e. The SMILES string of the molecule is O=C(OC(=O)[C@@H]1CC(OCc2ccccc2)CC(OCc2ccccc2)O1)c1c(Cl)cc(Cl)cc1Cl. The van der Waals surface area contributed by atoms with Crippen molar-refractivity contribution in [1.29, 1.82) is 0 Å². The normalized spacial score (nSPS) is 19.6. The minimum absolute atomic E-state index is 0.0250. The smallest absolute Gasteiger partial charge is 0.348 e. The molecule has 1 aliphatic heterocycles. The molecule has 0 N–H and O–H groups in total. The van der Waals surface area contributed by atoms with Crippen molar-refractivity contribution in [3.63, 3.8) is 0 Å². The van der Waals surface area contributed by atoms with Gasteiger partial charge in [-0.15, -0.1) is 0 Å². The van der Waals surface area contributed by atoms with Crippen molar-refractivity contribution in [2.45, 2.75) is 44.6 Å². The van der Waals surface area contributed by atoms with Crippen molar-refractivity contribution in [1.82, 2.24) is 0 Å². The summed E-state index contributed by atoms with van der Waals surface area (Å²) in [4.78, 5) is 25.6. The number of carbonyl (C=O) groups is 2. The van der Waals surface area contributed by atoms with Crippen LogP contribution in [0.3, 0.4) is 0 Å². The van der Waals surface area contributed by atoms with Gasteiger partial charge in [0.15, 0.2) is 12.4 Å². The van der Waals surface area contributed by atoms with E-state index in [-0.39, 0.29) is 39.8 Å². The Balaban J connectivity index is 1.44. The Hall–Kier alpha value is -2.45. The van der Waals surface area contributed by atoms with Gasteiger partial charge in [-0.1, -0.05) is 95.5 Å². The van der Waals surface area contributed by atoms with E-state index in [0.29, 0.717) is 13.0 Å². The third kappa shape index (κ3) is 7.29. The second-order valence-corrected chi connectivity index (χ2v) is 9.44. The summed E-state index contributed by atoms with van der Waals surface area (Å²) in [5.41, 5.74) is 1.79. The van der Waals surface area contributed by atoms with Crippen LogP contribution in [0.25, 0.3) is 0 Å². The summed E-state index contributed by atoms with van der Waals surface area (Å²) in [6.07, 6.45) is -1.60. The zero-order chi connectivity index (χ0) is 25.5.